The molecule has 0 saturated heterocycles. The molecule has 3 rings (SSSR count). The van der Waals surface area contributed by atoms with Crippen molar-refractivity contribution in [1.29, 1.82) is 0 Å². The van der Waals surface area contributed by atoms with Crippen molar-refractivity contribution in [3.8, 4) is 10.9 Å². The third-order valence-corrected chi connectivity index (χ3v) is 4.23. The maximum Gasteiger partial charge on any atom is 0.347 e. The van der Waals surface area contributed by atoms with E-state index in [-0.39, 0.29) is 18.2 Å². The Bertz CT molecular complexity index is 898. The number of aryl methyl sites for hydroxylation is 1. The van der Waals surface area contributed by atoms with E-state index < -0.39 is 5.56 Å². The molecule has 3 aromatic heterocycles. The molecule has 0 aromatic carbocycles. The van der Waals surface area contributed by atoms with Crippen molar-refractivity contribution in [2.75, 3.05) is 0 Å². The second-order valence-corrected chi connectivity index (χ2v) is 5.69. The Morgan fingerprint density at radius 1 is 1.57 bits per heavy atom. The average Bonchev–Trinajstić information content (AvgIpc) is 3.14. The molecule has 0 atom stereocenters. The van der Waals surface area contributed by atoms with Crippen LogP contribution in [0.5, 0.6) is 5.75 Å². The molecule has 9 heteroatoms. The van der Waals surface area contributed by atoms with Crippen molar-refractivity contribution < 1.29 is 19.3 Å². The number of nitrogens with one attached hydrogen (secondary N) is 2. The van der Waals surface area contributed by atoms with Gasteiger partial charge in [-0.1, -0.05) is 0 Å². The number of aromatic nitrogens is 3. The highest BCUT2D eigenvalue weighted by Gasteiger charge is 2.21. The van der Waals surface area contributed by atoms with Crippen LogP contribution < -0.4 is 15.9 Å². The first-order valence-electron chi connectivity index (χ1n) is 6.66. The van der Waals surface area contributed by atoms with Crippen LogP contribution in [-0.4, -0.2) is 20.6 Å². The van der Waals surface area contributed by atoms with Crippen LogP contribution >= 0.6 is 11.3 Å². The van der Waals surface area contributed by atoms with Crippen molar-refractivity contribution in [3.63, 3.8) is 0 Å². The Kier molecular flexibility index (Phi) is 3.94. The van der Waals surface area contributed by atoms with Crippen LogP contribution in [-0.2, 0) is 6.54 Å². The van der Waals surface area contributed by atoms with Crippen LogP contribution in [0, 0.1) is 6.92 Å². The summed E-state index contributed by atoms with van der Waals surface area (Å²) in [6.45, 7) is 1.92. The zero-order valence-corrected chi connectivity index (χ0v) is 12.9. The van der Waals surface area contributed by atoms with E-state index in [1.165, 1.54) is 29.3 Å². The zero-order valence-electron chi connectivity index (χ0n) is 12.1. The fourth-order valence-corrected chi connectivity index (χ4v) is 2.97. The summed E-state index contributed by atoms with van der Waals surface area (Å²) in [6, 6.07) is 2.50. The van der Waals surface area contributed by atoms with Crippen LogP contribution in [0.15, 0.2) is 40.0 Å². The molecule has 3 aromatic rings. The number of hydrogen-bond acceptors (Lipinski definition) is 6. The lowest BCUT2D eigenvalue weighted by molar-refractivity contribution is -0.376. The molecule has 8 nitrogen and oxygen atoms in total. The lowest BCUT2D eigenvalue weighted by Crippen LogP contribution is -2.24. The first-order chi connectivity index (χ1) is 11.0. The van der Waals surface area contributed by atoms with Gasteiger partial charge >= 0.3 is 10.7 Å². The Morgan fingerprint density at radius 3 is 3.09 bits per heavy atom. The third-order valence-electron chi connectivity index (χ3n) is 3.05. The maximum atomic E-state index is 12.2. The smallest absolute Gasteiger partial charge is 0.347 e. The summed E-state index contributed by atoms with van der Waals surface area (Å²) in [7, 11) is 0. The second-order valence-electron chi connectivity index (χ2n) is 4.69. The van der Waals surface area contributed by atoms with Crippen LogP contribution in [0.25, 0.3) is 5.13 Å². The van der Waals surface area contributed by atoms with Crippen molar-refractivity contribution in [2.45, 2.75) is 13.5 Å². The van der Waals surface area contributed by atoms with Gasteiger partial charge in [-0.15, -0.1) is 0 Å². The van der Waals surface area contributed by atoms with E-state index in [9.17, 15) is 14.7 Å². The quantitative estimate of drug-likeness (QED) is 0.728. The molecule has 0 aliphatic rings. The summed E-state index contributed by atoms with van der Waals surface area (Å²) in [6.07, 6.45) is 4.37. The summed E-state index contributed by atoms with van der Waals surface area (Å²) in [5.41, 5.74) is 0.240. The van der Waals surface area contributed by atoms with Gasteiger partial charge in [0.1, 0.15) is 28.8 Å². The molecule has 0 aliphatic heterocycles. The molecule has 0 unspecified atom stereocenters. The molecule has 0 fully saturated rings. The lowest BCUT2D eigenvalue weighted by atomic mass is 10.4. The van der Waals surface area contributed by atoms with Crippen LogP contribution in [0.1, 0.15) is 21.3 Å². The summed E-state index contributed by atoms with van der Waals surface area (Å²) in [5.74, 6) is 0.00925. The van der Waals surface area contributed by atoms with Gasteiger partial charge in [0.2, 0.25) is 5.89 Å². The number of carbonyl (C=O) groups is 1. The highest BCUT2D eigenvalue weighted by molar-refractivity contribution is 7.15. The fraction of sp³-hybridized carbons (Fsp3) is 0.143. The maximum absolute atomic E-state index is 12.2. The van der Waals surface area contributed by atoms with Crippen molar-refractivity contribution in [1.82, 2.24) is 14.9 Å². The van der Waals surface area contributed by atoms with Gasteiger partial charge in [0.15, 0.2) is 0 Å². The van der Waals surface area contributed by atoms with Gasteiger partial charge < -0.3 is 14.8 Å². The summed E-state index contributed by atoms with van der Waals surface area (Å²) in [5, 5.41) is 12.5. The topological polar surface area (TPSA) is 112 Å². The first-order valence-corrected chi connectivity index (χ1v) is 7.47. The van der Waals surface area contributed by atoms with E-state index in [1.807, 2.05) is 0 Å². The van der Waals surface area contributed by atoms with Crippen molar-refractivity contribution >= 4 is 17.2 Å². The minimum Gasteiger partial charge on any atom is -0.508 e. The Balaban J connectivity index is 1.83. The minimum absolute atomic E-state index is 0.108. The standard InChI is InChI=1S/C14H12N4O4S/c1-8-12(13(21)16-7-10-15-3-5-22-10)23-14(17-8)18-4-2-9(19)6-11(18)20/h2-6,19H,7H2,1H3,(H,16,21)/p+1. The highest BCUT2D eigenvalue weighted by Crippen LogP contribution is 2.17. The molecule has 1 amide bonds. The Morgan fingerprint density at radius 2 is 2.39 bits per heavy atom. The normalized spacial score (nSPS) is 10.7. The number of aromatic hydroxyl groups is 1. The largest absolute Gasteiger partial charge is 0.508 e. The van der Waals surface area contributed by atoms with E-state index in [1.54, 1.807) is 6.92 Å². The van der Waals surface area contributed by atoms with Gasteiger partial charge in [0.05, 0.1) is 18.8 Å². The van der Waals surface area contributed by atoms with Gasteiger partial charge in [0.25, 0.3) is 5.91 Å². The number of carbonyl (C=O) groups excluding carboxylic acids is 1. The van der Waals surface area contributed by atoms with Crippen molar-refractivity contribution in [2.24, 2.45) is 0 Å². The van der Waals surface area contributed by atoms with Crippen LogP contribution in [0.4, 0.5) is 0 Å². The molecular weight excluding hydrogens is 320 g/mol. The van der Waals surface area contributed by atoms with E-state index in [4.69, 9.17) is 4.42 Å². The summed E-state index contributed by atoms with van der Waals surface area (Å²) < 4.78 is 6.37. The molecule has 118 valence electrons. The van der Waals surface area contributed by atoms with Gasteiger partial charge in [0, 0.05) is 6.07 Å². The predicted molar refractivity (Wildman–Crippen MR) is 80.5 cm³/mol. The molecule has 0 bridgehead atoms. The van der Waals surface area contributed by atoms with Gasteiger partial charge in [-0.25, -0.2) is 14.8 Å². The number of thiazole rings is 1. The molecule has 3 heterocycles. The number of nitrogens with zero attached hydrogens (tertiary/aromatic N) is 2. The molecule has 0 radical (unpaired) electrons. The fourth-order valence-electron chi connectivity index (χ4n) is 1.95. The summed E-state index contributed by atoms with van der Waals surface area (Å²) >= 11 is 1.14. The minimum atomic E-state index is -0.394. The molecular formula is C14H13N4O4S+. The van der Waals surface area contributed by atoms with E-state index in [0.29, 0.717) is 21.6 Å². The first kappa shape index (κ1) is 15.0. The second kappa shape index (κ2) is 6.05. The summed E-state index contributed by atoms with van der Waals surface area (Å²) in [4.78, 5) is 31.5. The lowest BCUT2D eigenvalue weighted by Gasteiger charge is -1.99. The van der Waals surface area contributed by atoms with Gasteiger partial charge in [-0.2, -0.15) is 4.57 Å². The van der Waals surface area contributed by atoms with Gasteiger partial charge in [-0.3, -0.25) is 4.79 Å². The average molecular weight is 333 g/mol. The molecule has 3 N–H and O–H groups in total. The number of H-pyrrole nitrogens is 1. The molecule has 0 aliphatic carbocycles. The van der Waals surface area contributed by atoms with Crippen molar-refractivity contribution in [3.05, 3.63) is 57.6 Å². The van der Waals surface area contributed by atoms with Gasteiger partial charge in [-0.05, 0) is 18.3 Å². The number of rotatable bonds is 4. The van der Waals surface area contributed by atoms with Crippen LogP contribution in [0.3, 0.4) is 0 Å². The molecule has 0 spiro atoms. The Labute approximate surface area is 134 Å². The van der Waals surface area contributed by atoms with E-state index in [2.05, 4.69) is 15.3 Å². The zero-order chi connectivity index (χ0) is 16.4. The Hall–Kier alpha value is -2.94. The van der Waals surface area contributed by atoms with E-state index >= 15 is 0 Å². The van der Waals surface area contributed by atoms with E-state index in [0.717, 1.165) is 17.4 Å². The predicted octanol–water partition coefficient (Wildman–Crippen LogP) is 0.645. The highest BCUT2D eigenvalue weighted by atomic mass is 32.1. The molecule has 23 heavy (non-hydrogen) atoms. The van der Waals surface area contributed by atoms with Crippen LogP contribution in [0.2, 0.25) is 0 Å². The number of oxazole rings is 1. The monoisotopic (exact) mass is 333 g/mol. The number of pyridine rings is 1. The number of aromatic amines is 1. The molecule has 0 saturated carbocycles. The number of amides is 1. The third kappa shape index (κ3) is 3.14. The SMILES string of the molecule is Cc1[nH+]c(-n2ccc(O)cc2=O)sc1C(=O)NCc1ncco1. The number of hydrogen-bond donors (Lipinski definition) is 2.